The summed E-state index contributed by atoms with van der Waals surface area (Å²) in [7, 11) is 0. The molecule has 0 aliphatic heterocycles. The van der Waals surface area contributed by atoms with Gasteiger partial charge in [-0.2, -0.15) is 0 Å². The summed E-state index contributed by atoms with van der Waals surface area (Å²) in [6.45, 7) is 10.9. The van der Waals surface area contributed by atoms with Crippen LogP contribution in [0.1, 0.15) is 26.3 Å². The van der Waals surface area contributed by atoms with Crippen LogP contribution in [0.15, 0.2) is 24.5 Å². The predicted octanol–water partition coefficient (Wildman–Crippen LogP) is 2.38. The van der Waals surface area contributed by atoms with Gasteiger partial charge in [-0.1, -0.05) is 19.9 Å². The first-order valence-corrected chi connectivity index (χ1v) is 7.10. The normalized spacial score (nSPS) is 13.3. The number of hydrogen-bond acceptors (Lipinski definition) is 3. The summed E-state index contributed by atoms with van der Waals surface area (Å²) in [5, 5.41) is 3.58. The lowest BCUT2D eigenvalue weighted by molar-refractivity contribution is 0.270. The van der Waals surface area contributed by atoms with Crippen LogP contribution < -0.4 is 5.32 Å². The van der Waals surface area contributed by atoms with Crippen molar-refractivity contribution in [3.63, 3.8) is 0 Å². The molecule has 104 valence electrons. The lowest BCUT2D eigenvalue weighted by Crippen LogP contribution is -2.38. The van der Waals surface area contributed by atoms with Gasteiger partial charge in [0.25, 0.3) is 0 Å². The molecule has 1 heterocycles. The maximum Gasteiger partial charge on any atom is 0.0931 e. The van der Waals surface area contributed by atoms with E-state index in [-0.39, 0.29) is 0 Å². The Balaban J connectivity index is 1.87. The number of imidazole rings is 1. The maximum absolute atomic E-state index is 4.23. The van der Waals surface area contributed by atoms with E-state index in [0.29, 0.717) is 6.04 Å². The molecule has 0 radical (unpaired) electrons. The fraction of sp³-hybridized carbons (Fsp3) is 0.533. The van der Waals surface area contributed by atoms with Crippen molar-refractivity contribution >= 4 is 11.0 Å². The number of nitrogens with one attached hydrogen (secondary N) is 2. The average Bonchev–Trinajstić information content (AvgIpc) is 2.89. The second-order valence-electron chi connectivity index (χ2n) is 5.02. The Morgan fingerprint density at radius 3 is 2.84 bits per heavy atom. The van der Waals surface area contributed by atoms with Crippen LogP contribution in [0.2, 0.25) is 0 Å². The zero-order valence-corrected chi connectivity index (χ0v) is 12.1. The Morgan fingerprint density at radius 2 is 2.11 bits per heavy atom. The van der Waals surface area contributed by atoms with E-state index in [9.17, 15) is 0 Å². The maximum atomic E-state index is 4.23. The van der Waals surface area contributed by atoms with Crippen LogP contribution in [0.4, 0.5) is 0 Å². The van der Waals surface area contributed by atoms with Crippen LogP contribution in [-0.2, 0) is 6.54 Å². The van der Waals surface area contributed by atoms with Gasteiger partial charge in [0.2, 0.25) is 0 Å². The average molecular weight is 260 g/mol. The Hall–Kier alpha value is -1.39. The van der Waals surface area contributed by atoms with Gasteiger partial charge in [-0.25, -0.2) is 4.98 Å². The SMILES string of the molecule is CCN(CC)CC(C)NCc1ccc2nc[nH]c2c1. The van der Waals surface area contributed by atoms with E-state index in [2.05, 4.69) is 59.2 Å². The highest BCUT2D eigenvalue weighted by Gasteiger charge is 2.06. The highest BCUT2D eigenvalue weighted by Crippen LogP contribution is 2.11. The molecule has 1 aromatic heterocycles. The summed E-state index contributed by atoms with van der Waals surface area (Å²) in [5.74, 6) is 0. The molecular weight excluding hydrogens is 236 g/mol. The highest BCUT2D eigenvalue weighted by atomic mass is 15.1. The molecule has 4 heteroatoms. The third-order valence-electron chi connectivity index (χ3n) is 3.57. The van der Waals surface area contributed by atoms with Crippen LogP contribution in [0.5, 0.6) is 0 Å². The van der Waals surface area contributed by atoms with E-state index < -0.39 is 0 Å². The van der Waals surface area contributed by atoms with Crippen molar-refractivity contribution in [3.8, 4) is 0 Å². The Labute approximate surface area is 115 Å². The first-order valence-electron chi connectivity index (χ1n) is 7.10. The van der Waals surface area contributed by atoms with Crippen molar-refractivity contribution in [2.75, 3.05) is 19.6 Å². The lowest BCUT2D eigenvalue weighted by atomic mass is 10.2. The van der Waals surface area contributed by atoms with Gasteiger partial charge in [0.1, 0.15) is 0 Å². The van der Waals surface area contributed by atoms with Crippen LogP contribution >= 0.6 is 0 Å². The van der Waals surface area contributed by atoms with E-state index >= 15 is 0 Å². The van der Waals surface area contributed by atoms with E-state index in [4.69, 9.17) is 0 Å². The van der Waals surface area contributed by atoms with Gasteiger partial charge in [-0.3, -0.25) is 0 Å². The number of H-pyrrole nitrogens is 1. The fourth-order valence-electron chi connectivity index (χ4n) is 2.32. The number of benzene rings is 1. The van der Waals surface area contributed by atoms with Crippen LogP contribution in [0.25, 0.3) is 11.0 Å². The minimum atomic E-state index is 0.498. The van der Waals surface area contributed by atoms with E-state index in [1.54, 1.807) is 6.33 Å². The van der Waals surface area contributed by atoms with Gasteiger partial charge in [0, 0.05) is 19.1 Å². The van der Waals surface area contributed by atoms with Crippen molar-refractivity contribution in [2.24, 2.45) is 0 Å². The topological polar surface area (TPSA) is 44.0 Å². The van der Waals surface area contributed by atoms with Crippen molar-refractivity contribution < 1.29 is 0 Å². The number of likely N-dealkylation sites (N-methyl/N-ethyl adjacent to an activating group) is 1. The van der Waals surface area contributed by atoms with Gasteiger partial charge in [0.15, 0.2) is 0 Å². The molecule has 1 atom stereocenters. The molecule has 0 aliphatic carbocycles. The van der Waals surface area contributed by atoms with Gasteiger partial charge in [0.05, 0.1) is 17.4 Å². The van der Waals surface area contributed by atoms with Gasteiger partial charge in [-0.15, -0.1) is 0 Å². The van der Waals surface area contributed by atoms with E-state index in [1.807, 2.05) is 0 Å². The summed E-state index contributed by atoms with van der Waals surface area (Å²) >= 11 is 0. The molecule has 2 rings (SSSR count). The molecule has 1 aromatic carbocycles. The standard InChI is InChI=1S/C15H24N4/c1-4-19(5-2)10-12(3)16-9-13-6-7-14-15(8-13)18-11-17-14/h6-8,11-12,16H,4-5,9-10H2,1-3H3,(H,17,18). The van der Waals surface area contributed by atoms with Crippen molar-refractivity contribution in [1.82, 2.24) is 20.2 Å². The van der Waals surface area contributed by atoms with Crippen molar-refractivity contribution in [3.05, 3.63) is 30.1 Å². The second-order valence-corrected chi connectivity index (χ2v) is 5.02. The molecule has 1 unspecified atom stereocenters. The first-order chi connectivity index (χ1) is 9.22. The number of nitrogens with zero attached hydrogens (tertiary/aromatic N) is 2. The molecule has 0 saturated heterocycles. The number of fused-ring (bicyclic) bond motifs is 1. The summed E-state index contributed by atoms with van der Waals surface area (Å²) in [4.78, 5) is 9.83. The lowest BCUT2D eigenvalue weighted by Gasteiger charge is -2.23. The number of aromatic amines is 1. The molecular formula is C15H24N4. The molecule has 19 heavy (non-hydrogen) atoms. The molecule has 0 amide bonds. The number of aromatic nitrogens is 2. The van der Waals surface area contributed by atoms with Gasteiger partial charge < -0.3 is 15.2 Å². The Morgan fingerprint density at radius 1 is 1.32 bits per heavy atom. The van der Waals surface area contributed by atoms with Crippen molar-refractivity contribution in [2.45, 2.75) is 33.4 Å². The Kier molecular flexibility index (Phi) is 4.93. The smallest absolute Gasteiger partial charge is 0.0931 e. The fourth-order valence-corrected chi connectivity index (χ4v) is 2.32. The van der Waals surface area contributed by atoms with E-state index in [1.165, 1.54) is 5.56 Å². The molecule has 0 fully saturated rings. The molecule has 0 spiro atoms. The van der Waals surface area contributed by atoms with E-state index in [0.717, 1.165) is 37.2 Å². The molecule has 0 aliphatic rings. The highest BCUT2D eigenvalue weighted by molar-refractivity contribution is 5.74. The van der Waals surface area contributed by atoms with Crippen LogP contribution in [-0.4, -0.2) is 40.5 Å². The Bertz CT molecular complexity index is 502. The largest absolute Gasteiger partial charge is 0.345 e. The number of hydrogen-bond donors (Lipinski definition) is 2. The summed E-state index contributed by atoms with van der Waals surface area (Å²) in [6, 6.07) is 6.87. The zero-order valence-electron chi connectivity index (χ0n) is 12.1. The molecule has 0 saturated carbocycles. The quantitative estimate of drug-likeness (QED) is 0.803. The molecule has 0 bridgehead atoms. The van der Waals surface area contributed by atoms with Gasteiger partial charge >= 0.3 is 0 Å². The third kappa shape index (κ3) is 3.78. The van der Waals surface area contributed by atoms with Crippen LogP contribution in [0, 0.1) is 0 Å². The van der Waals surface area contributed by atoms with Crippen molar-refractivity contribution in [1.29, 1.82) is 0 Å². The molecule has 4 nitrogen and oxygen atoms in total. The first kappa shape index (κ1) is 14.0. The molecule has 2 N–H and O–H groups in total. The summed E-state index contributed by atoms with van der Waals surface area (Å²) in [6.07, 6.45) is 1.74. The van der Waals surface area contributed by atoms with Crippen LogP contribution in [0.3, 0.4) is 0 Å². The monoisotopic (exact) mass is 260 g/mol. The zero-order chi connectivity index (χ0) is 13.7. The predicted molar refractivity (Wildman–Crippen MR) is 80.2 cm³/mol. The molecule has 2 aromatic rings. The minimum Gasteiger partial charge on any atom is -0.345 e. The summed E-state index contributed by atoms with van der Waals surface area (Å²) < 4.78 is 0. The van der Waals surface area contributed by atoms with Gasteiger partial charge in [-0.05, 0) is 37.7 Å². The number of rotatable bonds is 7. The third-order valence-corrected chi connectivity index (χ3v) is 3.57. The second kappa shape index (κ2) is 6.68. The summed E-state index contributed by atoms with van der Waals surface area (Å²) in [5.41, 5.74) is 3.43. The minimum absolute atomic E-state index is 0.498.